The molecule has 0 heterocycles. The zero-order valence-electron chi connectivity index (χ0n) is 13.6. The molecule has 2 aromatic rings. The van der Waals surface area contributed by atoms with Crippen LogP contribution in [0.25, 0.3) is 0 Å². The summed E-state index contributed by atoms with van der Waals surface area (Å²) in [4.78, 5) is 12.2. The summed E-state index contributed by atoms with van der Waals surface area (Å²) in [6.07, 6.45) is 0.839. The molecule has 1 amide bonds. The molecule has 2 rings (SSSR count). The molecule has 128 valence electrons. The van der Waals surface area contributed by atoms with Crippen LogP contribution in [0.15, 0.2) is 53.4 Å². The van der Waals surface area contributed by atoms with Gasteiger partial charge in [-0.1, -0.05) is 12.1 Å². The van der Waals surface area contributed by atoms with Crippen LogP contribution in [-0.4, -0.2) is 28.5 Å². The summed E-state index contributed by atoms with van der Waals surface area (Å²) in [6, 6.07) is 13.6. The number of carbonyl (C=O) groups is 1. The van der Waals surface area contributed by atoms with Gasteiger partial charge >= 0.3 is 0 Å². The maximum Gasteiger partial charge on any atom is 0.240 e. The number of anilines is 1. The van der Waals surface area contributed by atoms with Crippen LogP contribution in [0.2, 0.25) is 0 Å². The molecule has 0 aromatic heterocycles. The first-order valence-electron chi connectivity index (χ1n) is 7.41. The first-order chi connectivity index (χ1) is 11.4. The van der Waals surface area contributed by atoms with Gasteiger partial charge in [0.15, 0.2) is 0 Å². The molecule has 0 aliphatic rings. The number of methoxy groups -OCH3 is 1. The molecule has 7 heteroatoms. The summed E-state index contributed by atoms with van der Waals surface area (Å²) in [5.74, 6) is 0.622. The average molecular weight is 348 g/mol. The molecule has 0 atom stereocenters. The first kappa shape index (κ1) is 18.0. The van der Waals surface area contributed by atoms with Gasteiger partial charge in [-0.05, 0) is 55.4 Å². The van der Waals surface area contributed by atoms with Crippen LogP contribution in [0, 0.1) is 0 Å². The van der Waals surface area contributed by atoms with Crippen LogP contribution in [0.4, 0.5) is 5.69 Å². The smallest absolute Gasteiger partial charge is 0.240 e. The monoisotopic (exact) mass is 348 g/mol. The normalized spacial score (nSPS) is 11.1. The van der Waals surface area contributed by atoms with E-state index in [-0.39, 0.29) is 10.8 Å². The predicted molar refractivity (Wildman–Crippen MR) is 92.6 cm³/mol. The zero-order valence-corrected chi connectivity index (χ0v) is 14.4. The van der Waals surface area contributed by atoms with E-state index in [4.69, 9.17) is 4.74 Å². The van der Waals surface area contributed by atoms with Crippen LogP contribution < -0.4 is 14.8 Å². The van der Waals surface area contributed by atoms with E-state index >= 15 is 0 Å². The highest BCUT2D eigenvalue weighted by Gasteiger charge is 2.10. The highest BCUT2D eigenvalue weighted by molar-refractivity contribution is 7.89. The van der Waals surface area contributed by atoms with E-state index in [2.05, 4.69) is 10.0 Å². The Bertz CT molecular complexity index is 784. The highest BCUT2D eigenvalue weighted by atomic mass is 32.2. The number of carbonyl (C=O) groups excluding carboxylic acids is 1. The van der Waals surface area contributed by atoms with Gasteiger partial charge in [0.2, 0.25) is 15.9 Å². The van der Waals surface area contributed by atoms with Gasteiger partial charge in [0.25, 0.3) is 0 Å². The molecular weight excluding hydrogens is 328 g/mol. The van der Waals surface area contributed by atoms with Crippen molar-refractivity contribution in [3.05, 3.63) is 54.1 Å². The van der Waals surface area contributed by atoms with Crippen molar-refractivity contribution in [2.24, 2.45) is 0 Å². The Morgan fingerprint density at radius 2 is 1.67 bits per heavy atom. The molecule has 0 fully saturated rings. The number of hydrogen-bond acceptors (Lipinski definition) is 4. The van der Waals surface area contributed by atoms with Crippen molar-refractivity contribution in [2.45, 2.75) is 17.7 Å². The van der Waals surface area contributed by atoms with Gasteiger partial charge in [-0.2, -0.15) is 0 Å². The summed E-state index contributed by atoms with van der Waals surface area (Å²) in [5.41, 5.74) is 1.60. The largest absolute Gasteiger partial charge is 0.497 e. The van der Waals surface area contributed by atoms with Crippen molar-refractivity contribution in [1.29, 1.82) is 0 Å². The van der Waals surface area contributed by atoms with E-state index < -0.39 is 10.0 Å². The highest BCUT2D eigenvalue weighted by Crippen LogP contribution is 2.16. The summed E-state index contributed by atoms with van der Waals surface area (Å²) in [7, 11) is -0.480. The molecule has 0 saturated carbocycles. The zero-order chi connectivity index (χ0) is 17.6. The lowest BCUT2D eigenvalue weighted by atomic mass is 10.1. The van der Waals surface area contributed by atoms with Gasteiger partial charge in [0, 0.05) is 12.1 Å². The molecule has 0 aliphatic heterocycles. The topological polar surface area (TPSA) is 84.5 Å². The Hall–Kier alpha value is -2.38. The van der Waals surface area contributed by atoms with Crippen molar-refractivity contribution >= 4 is 21.6 Å². The van der Waals surface area contributed by atoms with Crippen LogP contribution >= 0.6 is 0 Å². The number of rotatable bonds is 7. The molecule has 0 spiro atoms. The summed E-state index contributed by atoms with van der Waals surface area (Å²) in [5, 5.41) is 2.81. The van der Waals surface area contributed by atoms with Crippen molar-refractivity contribution < 1.29 is 17.9 Å². The molecule has 0 radical (unpaired) electrons. The van der Waals surface area contributed by atoms with Gasteiger partial charge in [0.05, 0.1) is 12.0 Å². The minimum Gasteiger partial charge on any atom is -0.497 e. The van der Waals surface area contributed by atoms with Gasteiger partial charge < -0.3 is 10.1 Å². The number of benzene rings is 2. The van der Waals surface area contributed by atoms with E-state index in [1.165, 1.54) is 19.2 Å². The Kier molecular flexibility index (Phi) is 5.94. The second-order valence-electron chi connectivity index (χ2n) is 5.13. The van der Waals surface area contributed by atoms with Crippen molar-refractivity contribution in [1.82, 2.24) is 4.72 Å². The van der Waals surface area contributed by atoms with Gasteiger partial charge in [-0.25, -0.2) is 13.1 Å². The van der Waals surface area contributed by atoms with Crippen LogP contribution in [-0.2, 0) is 21.2 Å². The Morgan fingerprint density at radius 1 is 1.04 bits per heavy atom. The van der Waals surface area contributed by atoms with Crippen molar-refractivity contribution in [3.8, 4) is 5.75 Å². The Balaban J connectivity index is 1.89. The molecule has 0 unspecified atom stereocenters. The fraction of sp³-hybridized carbons (Fsp3) is 0.235. The molecule has 2 N–H and O–H groups in total. The lowest BCUT2D eigenvalue weighted by Gasteiger charge is -2.07. The molecular formula is C17H20N2O4S. The maximum absolute atomic E-state index is 12.0. The first-order valence-corrected chi connectivity index (χ1v) is 8.89. The van der Waals surface area contributed by atoms with E-state index in [0.717, 1.165) is 11.3 Å². The number of nitrogens with one attached hydrogen (secondary N) is 2. The molecule has 24 heavy (non-hydrogen) atoms. The fourth-order valence-corrected chi connectivity index (χ4v) is 2.84. The van der Waals surface area contributed by atoms with E-state index in [1.807, 2.05) is 0 Å². The van der Waals surface area contributed by atoms with E-state index in [9.17, 15) is 13.2 Å². The minimum atomic E-state index is -3.43. The second kappa shape index (κ2) is 7.94. The molecule has 0 saturated heterocycles. The van der Waals surface area contributed by atoms with Gasteiger partial charge in [-0.15, -0.1) is 0 Å². The van der Waals surface area contributed by atoms with Crippen molar-refractivity contribution in [3.63, 3.8) is 0 Å². The Morgan fingerprint density at radius 3 is 2.21 bits per heavy atom. The van der Waals surface area contributed by atoms with Crippen LogP contribution in [0.5, 0.6) is 5.75 Å². The standard InChI is InChI=1S/C17H20N2O4S/c1-18-24(21,22)16-10-3-13(4-11-16)5-12-17(20)19-14-6-8-15(23-2)9-7-14/h3-4,6-11,18H,5,12H2,1-2H3,(H,19,20). The number of sulfonamides is 1. The SMILES string of the molecule is CNS(=O)(=O)c1ccc(CCC(=O)Nc2ccc(OC)cc2)cc1. The number of hydrogen-bond donors (Lipinski definition) is 2. The fourth-order valence-electron chi connectivity index (χ4n) is 2.11. The molecule has 2 aromatic carbocycles. The minimum absolute atomic E-state index is 0.105. The maximum atomic E-state index is 12.0. The second-order valence-corrected chi connectivity index (χ2v) is 7.01. The van der Waals surface area contributed by atoms with Crippen LogP contribution in [0.3, 0.4) is 0 Å². The average Bonchev–Trinajstić information content (AvgIpc) is 2.61. The third-order valence-electron chi connectivity index (χ3n) is 3.52. The summed E-state index contributed by atoms with van der Waals surface area (Å²) >= 11 is 0. The number of ether oxygens (including phenoxy) is 1. The van der Waals surface area contributed by atoms with E-state index in [0.29, 0.717) is 18.5 Å². The third kappa shape index (κ3) is 4.81. The third-order valence-corrected chi connectivity index (χ3v) is 4.95. The lowest BCUT2D eigenvalue weighted by Crippen LogP contribution is -2.18. The van der Waals surface area contributed by atoms with Crippen LogP contribution in [0.1, 0.15) is 12.0 Å². The lowest BCUT2D eigenvalue weighted by molar-refractivity contribution is -0.116. The quantitative estimate of drug-likeness (QED) is 0.803. The number of aryl methyl sites for hydroxylation is 1. The van der Waals surface area contributed by atoms with E-state index in [1.54, 1.807) is 43.5 Å². The molecule has 0 bridgehead atoms. The van der Waals surface area contributed by atoms with Crippen molar-refractivity contribution in [2.75, 3.05) is 19.5 Å². The van der Waals surface area contributed by atoms with Gasteiger partial charge in [0.1, 0.15) is 5.75 Å². The Labute approximate surface area is 141 Å². The predicted octanol–water partition coefficient (Wildman–Crippen LogP) is 2.17. The molecule has 6 nitrogen and oxygen atoms in total. The summed E-state index contributed by atoms with van der Waals surface area (Å²) < 4.78 is 30.6. The number of amides is 1. The molecule has 0 aliphatic carbocycles. The summed E-state index contributed by atoms with van der Waals surface area (Å²) in [6.45, 7) is 0. The van der Waals surface area contributed by atoms with Gasteiger partial charge in [-0.3, -0.25) is 4.79 Å².